The Bertz CT molecular complexity index is 1100. The number of hydrogen-bond donors (Lipinski definition) is 0. The van der Waals surface area contributed by atoms with E-state index in [1.165, 1.54) is 42.2 Å². The molecule has 0 spiro atoms. The van der Waals surface area contributed by atoms with Gasteiger partial charge in [-0.3, -0.25) is 6.08 Å². The third-order valence-corrected chi connectivity index (χ3v) is 8.69. The second kappa shape index (κ2) is 14.4. The van der Waals surface area contributed by atoms with Crippen LogP contribution in [-0.2, 0) is 41.5 Å². The minimum absolute atomic E-state index is 0. The molecule has 0 aliphatic heterocycles. The van der Waals surface area contributed by atoms with Crippen LogP contribution in [0.4, 0.5) is 0 Å². The monoisotopic (exact) mass is 644 g/mol. The molecule has 2 aromatic rings. The van der Waals surface area contributed by atoms with Crippen molar-refractivity contribution in [3.8, 4) is 11.1 Å². The van der Waals surface area contributed by atoms with Crippen molar-refractivity contribution in [3.63, 3.8) is 0 Å². The fraction of sp³-hybridized carbons (Fsp3) is 0.500. The first-order valence-electron chi connectivity index (χ1n) is 13.3. The molecule has 38 heavy (non-hydrogen) atoms. The van der Waals surface area contributed by atoms with Crippen molar-refractivity contribution in [2.75, 3.05) is 0 Å². The molecule has 0 amide bonds. The van der Waals surface area contributed by atoms with Crippen molar-refractivity contribution in [1.29, 1.82) is 0 Å². The van der Waals surface area contributed by atoms with Gasteiger partial charge in [-0.15, -0.1) is 11.1 Å². The van der Waals surface area contributed by atoms with Gasteiger partial charge >= 0.3 is 41.3 Å². The van der Waals surface area contributed by atoms with Crippen molar-refractivity contribution in [2.24, 2.45) is 5.92 Å². The van der Waals surface area contributed by atoms with Gasteiger partial charge in [-0.1, -0.05) is 105 Å². The number of rotatable bonds is 1. The van der Waals surface area contributed by atoms with Gasteiger partial charge in [0.2, 0.25) is 0 Å². The van der Waals surface area contributed by atoms with Crippen LogP contribution in [-0.4, -0.2) is 11.3 Å². The summed E-state index contributed by atoms with van der Waals surface area (Å²) in [6, 6.07) is 15.2. The van der Waals surface area contributed by atoms with Gasteiger partial charge in [0.1, 0.15) is 0 Å². The molecule has 2 aliphatic carbocycles. The van der Waals surface area contributed by atoms with Crippen LogP contribution in [0.25, 0.3) is 11.1 Å². The smallest absolute Gasteiger partial charge is 1.00 e. The number of allylic oxidation sites excluding steroid dienone is 4. The summed E-state index contributed by atoms with van der Waals surface area (Å²) >= 11 is 1.55. The van der Waals surface area contributed by atoms with Gasteiger partial charge in [0.05, 0.1) is 0 Å². The maximum Gasteiger partial charge on any atom is -1.00 e. The molecule has 0 radical (unpaired) electrons. The van der Waals surface area contributed by atoms with Gasteiger partial charge in [-0.2, -0.15) is 29.8 Å². The van der Waals surface area contributed by atoms with Crippen molar-refractivity contribution in [3.05, 3.63) is 81.6 Å². The zero-order valence-electron chi connectivity index (χ0n) is 26.0. The van der Waals surface area contributed by atoms with E-state index in [4.69, 9.17) is 0 Å². The molecular weight excluding hydrogens is 599 g/mol. The quantitative estimate of drug-likeness (QED) is 0.280. The molecule has 1 unspecified atom stereocenters. The van der Waals surface area contributed by atoms with Gasteiger partial charge < -0.3 is 24.8 Å². The number of halogens is 2. The van der Waals surface area contributed by atoms with Crippen molar-refractivity contribution in [2.45, 2.75) is 106 Å². The Labute approximate surface area is 263 Å². The summed E-state index contributed by atoms with van der Waals surface area (Å²) < 4.78 is 1.51. The second-order valence-corrected chi connectivity index (χ2v) is 21.2. The maximum absolute atomic E-state index is 3.67. The molecule has 4 rings (SSSR count). The molecule has 208 valence electrons. The molecule has 0 aromatic heterocycles. The van der Waals surface area contributed by atoms with E-state index < -0.39 is 8.07 Å². The van der Waals surface area contributed by atoms with Crippen LogP contribution in [0, 0.1) is 18.1 Å². The molecule has 0 fully saturated rings. The summed E-state index contributed by atoms with van der Waals surface area (Å²) in [5.41, 5.74) is 10.1. The van der Waals surface area contributed by atoms with Crippen LogP contribution < -0.4 is 24.8 Å². The van der Waals surface area contributed by atoms with Gasteiger partial charge in [-0.05, 0) is 36.5 Å². The third-order valence-electron chi connectivity index (χ3n) is 6.54. The molecule has 4 heteroatoms. The van der Waals surface area contributed by atoms with Crippen molar-refractivity contribution < 1.29 is 49.0 Å². The fourth-order valence-corrected chi connectivity index (χ4v) is 6.62. The average molecular weight is 647 g/mol. The fourth-order valence-electron chi connectivity index (χ4n) is 4.68. The van der Waals surface area contributed by atoms with Crippen LogP contribution in [0.1, 0.15) is 91.5 Å². The Morgan fingerprint density at radius 1 is 0.895 bits per heavy atom. The second-order valence-electron chi connectivity index (χ2n) is 13.7. The van der Waals surface area contributed by atoms with E-state index in [0.29, 0.717) is 5.92 Å². The first kappa shape index (κ1) is 37.5. The van der Waals surface area contributed by atoms with Crippen LogP contribution in [0.5, 0.6) is 0 Å². The molecule has 0 bridgehead atoms. The average Bonchev–Trinajstić information content (AvgIpc) is 3.24. The van der Waals surface area contributed by atoms with Crippen LogP contribution in [0.3, 0.4) is 0 Å². The Hall–Kier alpha value is -0.530. The normalized spacial score (nSPS) is 15.7. The largest absolute Gasteiger partial charge is 1.00 e. The first-order valence-corrected chi connectivity index (χ1v) is 18.1. The summed E-state index contributed by atoms with van der Waals surface area (Å²) in [4.78, 5) is 0. The standard InChI is InChI=1S/C21H25.C10H17Si.C3H6.2ClH.Zr/c1-20(2,3)16-7-9-18-14(12-16)11-15-13-17(21(4,5)6)8-10-19(15)18;1-8-6-9(2)10(7-8)11(3,4)5;1-3-2;;;/h7-10,12H,11H2,1-6H3;7-8H,1-5H3;1-2H3;2*1H;/q2*-1;;;;+2/p-2. The summed E-state index contributed by atoms with van der Waals surface area (Å²) in [5.74, 6) is 0.553. The predicted octanol–water partition coefficient (Wildman–Crippen LogP) is 3.60. The molecular formula is C34H48Cl2SiZr-2. The SMILES string of the molecule is CC(C)(C)c1[c-]c2c(cc1)-c1ccc(C(C)(C)C)cc1C2.CC1=[C-]C(C)C=C1[Si](C)(C)C.C[C](C)=[Zr+2].[Cl-].[Cl-]. The van der Waals surface area contributed by atoms with Crippen LogP contribution in [0.15, 0.2) is 47.2 Å². The predicted molar refractivity (Wildman–Crippen MR) is 160 cm³/mol. The molecule has 2 aromatic carbocycles. The molecule has 0 saturated heterocycles. The topological polar surface area (TPSA) is 0 Å². The van der Waals surface area contributed by atoms with E-state index in [-0.39, 0.29) is 35.6 Å². The van der Waals surface area contributed by atoms with Gasteiger partial charge in [0, 0.05) is 0 Å². The Balaban J connectivity index is 0.000000684. The number of fused-ring (bicyclic) bond motifs is 3. The Morgan fingerprint density at radius 3 is 1.82 bits per heavy atom. The van der Waals surface area contributed by atoms with E-state index in [1.807, 2.05) is 0 Å². The van der Waals surface area contributed by atoms with E-state index in [9.17, 15) is 0 Å². The van der Waals surface area contributed by atoms with Crippen molar-refractivity contribution in [1.82, 2.24) is 0 Å². The van der Waals surface area contributed by atoms with E-state index in [2.05, 4.69) is 137 Å². The van der Waals surface area contributed by atoms with Gasteiger partial charge in [0.25, 0.3) is 0 Å². The van der Waals surface area contributed by atoms with Gasteiger partial charge in [0.15, 0.2) is 0 Å². The first-order chi connectivity index (χ1) is 16.3. The zero-order chi connectivity index (χ0) is 27.6. The Kier molecular flexibility index (Phi) is 14.2. The minimum Gasteiger partial charge on any atom is -1.00 e. The molecule has 0 N–H and O–H groups in total. The van der Waals surface area contributed by atoms with E-state index >= 15 is 0 Å². The molecule has 1 atom stereocenters. The summed E-state index contributed by atoms with van der Waals surface area (Å²) in [5, 5.41) is 1.60. The van der Waals surface area contributed by atoms with Crippen molar-refractivity contribution >= 4 is 11.3 Å². The minimum atomic E-state index is -1.07. The van der Waals surface area contributed by atoms with E-state index in [0.717, 1.165) is 6.42 Å². The number of benzene rings is 2. The van der Waals surface area contributed by atoms with Crippen LogP contribution in [0.2, 0.25) is 19.6 Å². The molecule has 0 saturated carbocycles. The molecule has 0 nitrogen and oxygen atoms in total. The number of hydrogen-bond acceptors (Lipinski definition) is 0. The maximum atomic E-state index is 3.67. The summed E-state index contributed by atoms with van der Waals surface area (Å²) in [7, 11) is -1.07. The third kappa shape index (κ3) is 10.5. The zero-order valence-corrected chi connectivity index (χ0v) is 31.0. The molecule has 0 heterocycles. The van der Waals surface area contributed by atoms with Crippen LogP contribution >= 0.6 is 0 Å². The Morgan fingerprint density at radius 2 is 1.42 bits per heavy atom. The summed E-state index contributed by atoms with van der Waals surface area (Å²) in [6.45, 7) is 29.4. The summed E-state index contributed by atoms with van der Waals surface area (Å²) in [6.07, 6.45) is 6.83. The molecule has 2 aliphatic rings. The van der Waals surface area contributed by atoms with E-state index in [1.54, 1.807) is 29.4 Å². The van der Waals surface area contributed by atoms with Gasteiger partial charge in [-0.25, -0.2) is 10.8 Å².